The molecule has 0 saturated heterocycles. The number of hydrogen-bond donors (Lipinski definition) is 0. The van der Waals surface area contributed by atoms with Gasteiger partial charge in [-0.2, -0.15) is 0 Å². The van der Waals surface area contributed by atoms with Gasteiger partial charge in [0, 0.05) is 12.4 Å². The summed E-state index contributed by atoms with van der Waals surface area (Å²) in [6.07, 6.45) is 17.1. The van der Waals surface area contributed by atoms with Crippen molar-refractivity contribution in [2.24, 2.45) is 0 Å². The molecule has 0 aromatic heterocycles. The van der Waals surface area contributed by atoms with Gasteiger partial charge < -0.3 is 19.4 Å². The van der Waals surface area contributed by atoms with Crippen LogP contribution in [0.1, 0.15) is 78.1 Å². The topological polar surface area (TPSA) is 58.6 Å². The summed E-state index contributed by atoms with van der Waals surface area (Å²) in [6.45, 7) is 5.45. The molecule has 0 heterocycles. The molecule has 25 heavy (non-hydrogen) atoms. The molecule has 0 aliphatic rings. The van der Waals surface area contributed by atoms with Crippen molar-refractivity contribution in [2.75, 3.05) is 13.2 Å². The SMILES string of the molecule is CCCC/C=C\CCOC(CCC(=O)[O-])OCC/C=C\CCCC.[Na+]. The predicted octanol–water partition coefficient (Wildman–Crippen LogP) is 1.15. The first-order chi connectivity index (χ1) is 11.7. The third-order valence-corrected chi connectivity index (χ3v) is 3.54. The summed E-state index contributed by atoms with van der Waals surface area (Å²) < 4.78 is 11.3. The second kappa shape index (κ2) is 21.9. The van der Waals surface area contributed by atoms with E-state index in [0.29, 0.717) is 19.6 Å². The van der Waals surface area contributed by atoms with Crippen LogP contribution >= 0.6 is 0 Å². The third kappa shape index (κ3) is 21.8. The Morgan fingerprint density at radius 1 is 0.880 bits per heavy atom. The molecule has 140 valence electrons. The van der Waals surface area contributed by atoms with Crippen molar-refractivity contribution in [3.63, 3.8) is 0 Å². The average molecular weight is 362 g/mol. The Labute approximate surface area is 176 Å². The van der Waals surface area contributed by atoms with Gasteiger partial charge in [0.2, 0.25) is 0 Å². The number of unbranched alkanes of at least 4 members (excludes halogenated alkanes) is 4. The van der Waals surface area contributed by atoms with E-state index >= 15 is 0 Å². The van der Waals surface area contributed by atoms with Crippen LogP contribution in [-0.2, 0) is 14.3 Å². The standard InChI is InChI=1S/C20H36O4.Na/c1-3-5-7-9-11-13-17-23-20(16-15-19(21)22)24-18-14-12-10-8-6-4-2;/h9-12,20H,3-8,13-18H2,1-2H3,(H,21,22);/q;+1/p-1/b11-9-,12-10-;. The molecule has 0 rings (SSSR count). The quantitative estimate of drug-likeness (QED) is 0.169. The second-order valence-electron chi connectivity index (χ2n) is 5.89. The van der Waals surface area contributed by atoms with E-state index in [2.05, 4.69) is 38.2 Å². The number of rotatable bonds is 17. The van der Waals surface area contributed by atoms with Crippen LogP contribution in [0.2, 0.25) is 0 Å². The molecule has 0 amide bonds. The van der Waals surface area contributed by atoms with Crippen molar-refractivity contribution in [2.45, 2.75) is 84.3 Å². The Hall–Kier alpha value is -0.130. The van der Waals surface area contributed by atoms with Crippen molar-refractivity contribution in [1.29, 1.82) is 0 Å². The maximum Gasteiger partial charge on any atom is 1.00 e. The summed E-state index contributed by atoms with van der Waals surface area (Å²) in [6, 6.07) is 0. The Morgan fingerprint density at radius 2 is 1.32 bits per heavy atom. The van der Waals surface area contributed by atoms with Crippen LogP contribution < -0.4 is 34.7 Å². The second-order valence-corrected chi connectivity index (χ2v) is 5.89. The number of ether oxygens (including phenoxy) is 2. The molecule has 0 aromatic carbocycles. The Bertz CT molecular complexity index is 319. The Morgan fingerprint density at radius 3 is 1.72 bits per heavy atom. The average Bonchev–Trinajstić information content (AvgIpc) is 2.57. The maximum absolute atomic E-state index is 10.6. The monoisotopic (exact) mass is 362 g/mol. The zero-order chi connectivity index (χ0) is 17.9. The van der Waals surface area contributed by atoms with E-state index in [4.69, 9.17) is 9.47 Å². The molecule has 0 aliphatic heterocycles. The molecule has 0 unspecified atom stereocenters. The molecule has 0 fully saturated rings. The van der Waals surface area contributed by atoms with E-state index in [-0.39, 0.29) is 36.0 Å². The van der Waals surface area contributed by atoms with Gasteiger partial charge in [-0.05, 0) is 32.1 Å². The number of carbonyl (C=O) groups is 1. The van der Waals surface area contributed by atoms with Gasteiger partial charge in [-0.25, -0.2) is 0 Å². The number of allylic oxidation sites excluding steroid dienone is 2. The minimum Gasteiger partial charge on any atom is -0.550 e. The predicted molar refractivity (Wildman–Crippen MR) is 96.5 cm³/mol. The first-order valence-corrected chi connectivity index (χ1v) is 9.43. The van der Waals surface area contributed by atoms with Gasteiger partial charge in [-0.3, -0.25) is 0 Å². The van der Waals surface area contributed by atoms with Gasteiger partial charge in [0.1, 0.15) is 0 Å². The molecule has 0 N–H and O–H groups in total. The molecule has 0 bridgehead atoms. The van der Waals surface area contributed by atoms with Crippen LogP contribution in [0.5, 0.6) is 0 Å². The first-order valence-electron chi connectivity index (χ1n) is 9.43. The summed E-state index contributed by atoms with van der Waals surface area (Å²) in [5.41, 5.74) is 0. The normalized spacial score (nSPS) is 11.5. The summed E-state index contributed by atoms with van der Waals surface area (Å²) in [4.78, 5) is 10.6. The fraction of sp³-hybridized carbons (Fsp3) is 0.750. The van der Waals surface area contributed by atoms with Gasteiger partial charge in [0.15, 0.2) is 6.29 Å². The molecule has 0 aromatic rings. The number of carboxylic acid groups (broad SMARTS) is 1. The maximum atomic E-state index is 10.6. The van der Waals surface area contributed by atoms with E-state index in [1.54, 1.807) is 0 Å². The smallest absolute Gasteiger partial charge is 0.550 e. The van der Waals surface area contributed by atoms with Gasteiger partial charge in [-0.15, -0.1) is 0 Å². The van der Waals surface area contributed by atoms with Gasteiger partial charge in [0.25, 0.3) is 0 Å². The van der Waals surface area contributed by atoms with Crippen LogP contribution in [0, 0.1) is 0 Å². The van der Waals surface area contributed by atoms with Crippen LogP contribution in [0.4, 0.5) is 0 Å². The molecule has 0 aliphatic carbocycles. The van der Waals surface area contributed by atoms with Crippen molar-refractivity contribution in [1.82, 2.24) is 0 Å². The molecule has 4 nitrogen and oxygen atoms in total. The summed E-state index contributed by atoms with van der Waals surface area (Å²) >= 11 is 0. The van der Waals surface area contributed by atoms with E-state index in [9.17, 15) is 9.90 Å². The molecular formula is C20H35NaO4. The summed E-state index contributed by atoms with van der Waals surface area (Å²) in [7, 11) is 0. The van der Waals surface area contributed by atoms with Gasteiger partial charge >= 0.3 is 29.6 Å². The molecule has 0 saturated carbocycles. The molecular weight excluding hydrogens is 327 g/mol. The van der Waals surface area contributed by atoms with E-state index in [0.717, 1.165) is 25.7 Å². The zero-order valence-electron chi connectivity index (χ0n) is 16.5. The van der Waals surface area contributed by atoms with Gasteiger partial charge in [-0.1, -0.05) is 63.8 Å². The minimum atomic E-state index is -1.06. The van der Waals surface area contributed by atoms with Crippen molar-refractivity contribution >= 4 is 5.97 Å². The molecule has 0 radical (unpaired) electrons. The number of hydrogen-bond acceptors (Lipinski definition) is 4. The van der Waals surface area contributed by atoms with Crippen molar-refractivity contribution in [3.05, 3.63) is 24.3 Å². The summed E-state index contributed by atoms with van der Waals surface area (Å²) in [5.74, 6) is -1.06. The Balaban J connectivity index is 0. The van der Waals surface area contributed by atoms with E-state index in [1.165, 1.54) is 25.7 Å². The summed E-state index contributed by atoms with van der Waals surface area (Å²) in [5, 5.41) is 10.6. The molecule has 5 heteroatoms. The van der Waals surface area contributed by atoms with Crippen LogP contribution in [0.25, 0.3) is 0 Å². The number of carboxylic acids is 1. The van der Waals surface area contributed by atoms with Crippen LogP contribution in [-0.4, -0.2) is 25.5 Å². The molecule has 0 spiro atoms. The number of carbonyl (C=O) groups excluding carboxylic acids is 1. The van der Waals surface area contributed by atoms with E-state index in [1.807, 2.05) is 0 Å². The van der Waals surface area contributed by atoms with Crippen LogP contribution in [0.3, 0.4) is 0 Å². The third-order valence-electron chi connectivity index (χ3n) is 3.54. The van der Waals surface area contributed by atoms with Crippen molar-refractivity contribution in [3.8, 4) is 0 Å². The first kappa shape index (κ1) is 27.1. The van der Waals surface area contributed by atoms with Crippen LogP contribution in [0.15, 0.2) is 24.3 Å². The Kier molecular flexibility index (Phi) is 23.7. The molecule has 0 atom stereocenters. The fourth-order valence-electron chi connectivity index (χ4n) is 2.10. The largest absolute Gasteiger partial charge is 1.00 e. The van der Waals surface area contributed by atoms with E-state index < -0.39 is 12.3 Å². The zero-order valence-corrected chi connectivity index (χ0v) is 18.5. The fourth-order valence-corrected chi connectivity index (χ4v) is 2.10. The van der Waals surface area contributed by atoms with Crippen molar-refractivity contribution < 1.29 is 48.9 Å². The number of aliphatic carboxylic acids is 1. The van der Waals surface area contributed by atoms with Gasteiger partial charge in [0.05, 0.1) is 13.2 Å². The minimum absolute atomic E-state index is 0.